The highest BCUT2D eigenvalue weighted by molar-refractivity contribution is 8.17. The number of ether oxygens (including phenoxy) is 1. The Morgan fingerprint density at radius 3 is 2.71 bits per heavy atom. The number of quaternary nitrogens is 1. The number of thioether (sulfide) groups is 1. The van der Waals surface area contributed by atoms with Crippen molar-refractivity contribution in [1.82, 2.24) is 4.99 Å². The molecule has 121 valence electrons. The summed E-state index contributed by atoms with van der Waals surface area (Å²) in [4.78, 5) is 18.0. The van der Waals surface area contributed by atoms with Crippen LogP contribution in [0.1, 0.15) is 27.9 Å². The number of halogens is 1. The molecule has 1 heterocycles. The lowest BCUT2D eigenvalue weighted by atomic mass is 9.94. The standard InChI is InChI=1S/C18H14N2O2S.HI/c19-18-20-16-14-8-7-13(10-12(14)6-9-15(16)23-18)22-17(21)11-4-2-1-3-5-11;/h1-5,7-8,10H,6,9,19H2;1H/q+1;. The molecule has 0 saturated heterocycles. The van der Waals surface area contributed by atoms with Gasteiger partial charge >= 0.3 is 16.8 Å². The molecule has 24 heavy (non-hydrogen) atoms. The summed E-state index contributed by atoms with van der Waals surface area (Å²) in [5, 5.41) is 0.849. The molecule has 0 aromatic heterocycles. The molecule has 0 bridgehead atoms. The third-order valence-electron chi connectivity index (χ3n) is 3.91. The Labute approximate surface area is 161 Å². The summed E-state index contributed by atoms with van der Waals surface area (Å²) in [6.45, 7) is 0. The molecule has 2 aromatic carbocycles. The monoisotopic (exact) mass is 450 g/mol. The van der Waals surface area contributed by atoms with Gasteiger partial charge in [-0.2, -0.15) is 0 Å². The molecule has 4 rings (SSSR count). The van der Waals surface area contributed by atoms with E-state index in [-0.39, 0.29) is 29.9 Å². The van der Waals surface area contributed by atoms with Crippen LogP contribution in [0.3, 0.4) is 0 Å². The second-order valence-corrected chi connectivity index (χ2v) is 6.62. The maximum absolute atomic E-state index is 12.1. The zero-order valence-electron chi connectivity index (χ0n) is 12.8. The molecule has 0 fully saturated rings. The summed E-state index contributed by atoms with van der Waals surface area (Å²) in [5.74, 6) is 0.238. The van der Waals surface area contributed by atoms with E-state index in [2.05, 4.69) is 10.7 Å². The molecular weight excluding hydrogens is 435 g/mol. The molecule has 0 unspecified atom stereocenters. The molecule has 1 aliphatic heterocycles. The Bertz CT molecular complexity index is 863. The summed E-state index contributed by atoms with van der Waals surface area (Å²) in [6.07, 6.45) is 1.90. The van der Waals surface area contributed by atoms with Gasteiger partial charge in [-0.25, -0.2) is 4.79 Å². The number of hydrogen-bond donors (Lipinski definition) is 1. The number of rotatable bonds is 2. The molecule has 2 aliphatic rings. The predicted molar refractivity (Wildman–Crippen MR) is 90.7 cm³/mol. The van der Waals surface area contributed by atoms with Crippen molar-refractivity contribution in [1.29, 1.82) is 0 Å². The lowest BCUT2D eigenvalue weighted by Crippen LogP contribution is -3.00. The first-order valence-corrected chi connectivity index (χ1v) is 8.24. The zero-order chi connectivity index (χ0) is 15.8. The Balaban J connectivity index is 0.00000169. The Hall–Kier alpha value is -1.64. The predicted octanol–water partition coefficient (Wildman–Crippen LogP) is -0.795. The van der Waals surface area contributed by atoms with Gasteiger partial charge in [0.25, 0.3) is 0 Å². The van der Waals surface area contributed by atoms with E-state index >= 15 is 0 Å². The van der Waals surface area contributed by atoms with Crippen molar-refractivity contribution in [2.75, 3.05) is 0 Å². The maximum Gasteiger partial charge on any atom is 0.471 e. The topological polar surface area (TPSA) is 68.0 Å². The third kappa shape index (κ3) is 3.26. The van der Waals surface area contributed by atoms with E-state index in [0.717, 1.165) is 29.3 Å². The highest BCUT2D eigenvalue weighted by Gasteiger charge is 2.37. The molecule has 6 heteroatoms. The van der Waals surface area contributed by atoms with E-state index in [1.165, 1.54) is 10.5 Å². The Kier molecular flexibility index (Phi) is 5.07. The summed E-state index contributed by atoms with van der Waals surface area (Å²) >= 11 is 1.66. The van der Waals surface area contributed by atoms with E-state index in [1.54, 1.807) is 23.9 Å². The number of allylic oxidation sites excluding steroid dienone is 1. The van der Waals surface area contributed by atoms with E-state index in [1.807, 2.05) is 36.4 Å². The molecule has 2 aromatic rings. The maximum atomic E-state index is 12.1. The van der Waals surface area contributed by atoms with Gasteiger partial charge in [-0.05, 0) is 48.7 Å². The fraction of sp³-hybridized carbons (Fsp3) is 0.111. The van der Waals surface area contributed by atoms with E-state index in [0.29, 0.717) is 11.3 Å². The minimum atomic E-state index is -0.337. The first-order valence-electron chi connectivity index (χ1n) is 7.43. The van der Waals surface area contributed by atoms with Crippen LogP contribution in [0.5, 0.6) is 5.75 Å². The number of fused-ring (bicyclic) bond motifs is 2. The second kappa shape index (κ2) is 7.08. The summed E-state index contributed by atoms with van der Waals surface area (Å²) < 4.78 is 5.49. The average molecular weight is 450 g/mol. The van der Waals surface area contributed by atoms with Crippen molar-refractivity contribution in [3.8, 4) is 5.75 Å². The summed E-state index contributed by atoms with van der Waals surface area (Å²) in [5.41, 5.74) is 7.80. The summed E-state index contributed by atoms with van der Waals surface area (Å²) in [6, 6.07) is 14.8. The van der Waals surface area contributed by atoms with E-state index < -0.39 is 0 Å². The number of amidine groups is 1. The highest BCUT2D eigenvalue weighted by atomic mass is 127. The smallest absolute Gasteiger partial charge is 0.471 e. The number of carbonyl (C=O) groups excluding carboxylic acids is 1. The SMILES string of the molecule is [I-].[NH3+]C1=[N+]C2=C(CCc3cc(OC(=O)c4ccccc4)ccc32)S1. The number of carbonyl (C=O) groups is 1. The van der Waals surface area contributed by atoms with Crippen LogP contribution in [0.15, 0.2) is 53.4 Å². The van der Waals surface area contributed by atoms with Gasteiger partial charge in [0.05, 0.1) is 27.8 Å². The van der Waals surface area contributed by atoms with Gasteiger partial charge in [-0.15, -0.1) is 0 Å². The lowest BCUT2D eigenvalue weighted by Gasteiger charge is -2.13. The van der Waals surface area contributed by atoms with Gasteiger partial charge in [0.2, 0.25) is 0 Å². The molecule has 0 spiro atoms. The van der Waals surface area contributed by atoms with Crippen molar-refractivity contribution in [3.63, 3.8) is 0 Å². The number of aryl methyl sites for hydroxylation is 1. The van der Waals surface area contributed by atoms with Crippen LogP contribution in [-0.2, 0) is 6.42 Å². The first kappa shape index (κ1) is 17.2. The molecule has 0 atom stereocenters. The molecule has 4 nitrogen and oxygen atoms in total. The van der Waals surface area contributed by atoms with Crippen LogP contribution in [0.25, 0.3) is 5.70 Å². The quantitative estimate of drug-likeness (QED) is 0.371. The Morgan fingerprint density at radius 1 is 1.12 bits per heavy atom. The number of aliphatic imine (C=N–C) groups is 1. The third-order valence-corrected chi connectivity index (χ3v) is 4.89. The van der Waals surface area contributed by atoms with Gasteiger partial charge in [-0.3, -0.25) is 5.73 Å². The van der Waals surface area contributed by atoms with Crippen LogP contribution >= 0.6 is 11.8 Å². The van der Waals surface area contributed by atoms with Crippen molar-refractivity contribution >= 4 is 28.6 Å². The minimum absolute atomic E-state index is 0. The first-order chi connectivity index (χ1) is 11.2. The van der Waals surface area contributed by atoms with Crippen molar-refractivity contribution < 1.29 is 39.2 Å². The minimum Gasteiger partial charge on any atom is -1.00 e. The normalized spacial score (nSPS) is 15.1. The Morgan fingerprint density at radius 2 is 1.92 bits per heavy atom. The number of esters is 1. The molecule has 3 N–H and O–H groups in total. The van der Waals surface area contributed by atoms with E-state index in [4.69, 9.17) is 4.74 Å². The molecule has 1 aliphatic carbocycles. The van der Waals surface area contributed by atoms with Gasteiger partial charge < -0.3 is 28.7 Å². The summed E-state index contributed by atoms with van der Waals surface area (Å²) in [7, 11) is 0. The fourth-order valence-electron chi connectivity index (χ4n) is 2.84. The van der Waals surface area contributed by atoms with Crippen LogP contribution in [0.4, 0.5) is 0 Å². The average Bonchev–Trinajstić information content (AvgIpc) is 2.96. The van der Waals surface area contributed by atoms with E-state index in [9.17, 15) is 4.79 Å². The van der Waals surface area contributed by atoms with Crippen LogP contribution < -0.4 is 39.4 Å². The number of hydrogen-bond acceptors (Lipinski definition) is 4. The van der Waals surface area contributed by atoms with Gasteiger partial charge in [0.15, 0.2) is 0 Å². The van der Waals surface area contributed by atoms with Crippen molar-refractivity contribution in [3.05, 3.63) is 70.1 Å². The van der Waals surface area contributed by atoms with Gasteiger partial charge in [0.1, 0.15) is 10.7 Å². The molecular formula is C18H15IN2O2S+. The fourth-order valence-corrected chi connectivity index (χ4v) is 3.72. The zero-order valence-corrected chi connectivity index (χ0v) is 15.8. The van der Waals surface area contributed by atoms with Crippen molar-refractivity contribution in [2.24, 2.45) is 0 Å². The van der Waals surface area contributed by atoms with Gasteiger partial charge in [0, 0.05) is 0 Å². The molecule has 1 radical (unpaired) electrons. The van der Waals surface area contributed by atoms with Crippen LogP contribution in [-0.4, -0.2) is 11.1 Å². The van der Waals surface area contributed by atoms with Gasteiger partial charge in [-0.1, -0.05) is 18.2 Å². The van der Waals surface area contributed by atoms with Crippen LogP contribution in [0, 0.1) is 0 Å². The largest absolute Gasteiger partial charge is 1.00 e. The van der Waals surface area contributed by atoms with Crippen molar-refractivity contribution in [2.45, 2.75) is 12.8 Å². The number of benzene rings is 2. The lowest BCUT2D eigenvalue weighted by molar-refractivity contribution is -0.206. The molecule has 0 amide bonds. The second-order valence-electron chi connectivity index (χ2n) is 5.45. The highest BCUT2D eigenvalue weighted by Crippen LogP contribution is 2.39. The number of nitrogens with zero attached hydrogens (tertiary/aromatic N) is 1. The van der Waals surface area contributed by atoms with Crippen LogP contribution in [0.2, 0.25) is 0 Å². The molecule has 0 saturated carbocycles.